The first kappa shape index (κ1) is 23.4. The zero-order valence-electron chi connectivity index (χ0n) is 18.9. The normalized spacial score (nSPS) is 14.9. The standard InChI is InChI=1S/C23H34N6O3/c1-16(26-20-15-19(32-2)14-17-9-7-12-24-21(17)20)8-6-13-25-22(30)28-29-23(31)27-18-10-4-3-5-11-18/h7,9,12,14-16,18,26H,3-6,8,10-11,13H2,1-2H3,(H2,25,28,30)(H2,27,29,31). The molecule has 2 aromatic rings. The van der Waals surface area contributed by atoms with Crippen LogP contribution in [0.4, 0.5) is 15.3 Å². The van der Waals surface area contributed by atoms with Crippen LogP contribution in [0.5, 0.6) is 5.75 Å². The lowest BCUT2D eigenvalue weighted by Gasteiger charge is -2.22. The fraction of sp³-hybridized carbons (Fsp3) is 0.522. The van der Waals surface area contributed by atoms with Crippen LogP contribution < -0.4 is 31.5 Å². The molecular formula is C23H34N6O3. The molecule has 1 unspecified atom stereocenters. The van der Waals surface area contributed by atoms with Crippen molar-refractivity contribution in [3.63, 3.8) is 0 Å². The first-order valence-corrected chi connectivity index (χ1v) is 11.3. The monoisotopic (exact) mass is 442 g/mol. The third kappa shape index (κ3) is 7.18. The zero-order valence-corrected chi connectivity index (χ0v) is 18.9. The molecule has 3 rings (SSSR count). The Balaban J connectivity index is 1.34. The van der Waals surface area contributed by atoms with E-state index in [-0.39, 0.29) is 18.1 Å². The number of hydrogen-bond donors (Lipinski definition) is 5. The van der Waals surface area contributed by atoms with Crippen LogP contribution in [0, 0.1) is 0 Å². The van der Waals surface area contributed by atoms with E-state index in [2.05, 4.69) is 38.7 Å². The van der Waals surface area contributed by atoms with Gasteiger partial charge in [0, 0.05) is 36.3 Å². The number of urea groups is 2. The molecule has 9 heteroatoms. The highest BCUT2D eigenvalue weighted by Crippen LogP contribution is 2.28. The molecule has 1 aromatic heterocycles. The number of rotatable bonds is 8. The molecule has 1 heterocycles. The minimum atomic E-state index is -0.424. The fourth-order valence-corrected chi connectivity index (χ4v) is 3.97. The van der Waals surface area contributed by atoms with Crippen LogP contribution in [0.3, 0.4) is 0 Å². The van der Waals surface area contributed by atoms with E-state index in [0.29, 0.717) is 6.54 Å². The van der Waals surface area contributed by atoms with Crippen molar-refractivity contribution in [2.24, 2.45) is 0 Å². The van der Waals surface area contributed by atoms with Crippen LogP contribution in [0.2, 0.25) is 0 Å². The van der Waals surface area contributed by atoms with Gasteiger partial charge >= 0.3 is 12.1 Å². The molecule has 1 aromatic carbocycles. The number of anilines is 1. The largest absolute Gasteiger partial charge is 0.497 e. The third-order valence-corrected chi connectivity index (χ3v) is 5.65. The van der Waals surface area contributed by atoms with Gasteiger partial charge in [0.2, 0.25) is 0 Å². The molecule has 0 spiro atoms. The maximum absolute atomic E-state index is 11.9. The smallest absolute Gasteiger partial charge is 0.333 e. The van der Waals surface area contributed by atoms with Crippen LogP contribution in [-0.4, -0.2) is 42.8 Å². The molecule has 0 radical (unpaired) electrons. The molecule has 174 valence electrons. The number of nitrogens with one attached hydrogen (secondary N) is 5. The molecule has 4 amide bonds. The summed E-state index contributed by atoms with van der Waals surface area (Å²) in [5.41, 5.74) is 6.60. The third-order valence-electron chi connectivity index (χ3n) is 5.65. The lowest BCUT2D eigenvalue weighted by molar-refractivity contribution is 0.219. The number of pyridine rings is 1. The zero-order chi connectivity index (χ0) is 22.8. The lowest BCUT2D eigenvalue weighted by atomic mass is 9.96. The summed E-state index contributed by atoms with van der Waals surface area (Å²) in [5, 5.41) is 10.1. The summed E-state index contributed by atoms with van der Waals surface area (Å²) in [6, 6.07) is 7.39. The van der Waals surface area contributed by atoms with Gasteiger partial charge in [0.1, 0.15) is 5.75 Å². The maximum atomic E-state index is 11.9. The minimum absolute atomic E-state index is 0.177. The number of aromatic nitrogens is 1. The van der Waals surface area contributed by atoms with Gasteiger partial charge in [0.25, 0.3) is 0 Å². The Morgan fingerprint density at radius 2 is 1.94 bits per heavy atom. The van der Waals surface area contributed by atoms with Gasteiger partial charge in [0.15, 0.2) is 0 Å². The van der Waals surface area contributed by atoms with E-state index in [1.807, 2.05) is 24.3 Å². The lowest BCUT2D eigenvalue weighted by Crippen LogP contribution is -2.52. The summed E-state index contributed by atoms with van der Waals surface area (Å²) in [4.78, 5) is 28.2. The number of methoxy groups -OCH3 is 1. The van der Waals surface area contributed by atoms with Crippen LogP contribution in [-0.2, 0) is 0 Å². The van der Waals surface area contributed by atoms with E-state index < -0.39 is 6.03 Å². The minimum Gasteiger partial charge on any atom is -0.497 e. The fourth-order valence-electron chi connectivity index (χ4n) is 3.97. The van der Waals surface area contributed by atoms with Crippen molar-refractivity contribution in [3.8, 4) is 5.75 Å². The van der Waals surface area contributed by atoms with Gasteiger partial charge in [-0.2, -0.15) is 0 Å². The number of carbonyl (C=O) groups is 2. The van der Waals surface area contributed by atoms with Crippen LogP contribution in [0.25, 0.3) is 10.9 Å². The second kappa shape index (κ2) is 12.0. The number of fused-ring (bicyclic) bond motifs is 1. The Bertz CT molecular complexity index is 900. The van der Waals surface area contributed by atoms with Gasteiger partial charge in [-0.25, -0.2) is 20.4 Å². The van der Waals surface area contributed by atoms with Crippen molar-refractivity contribution in [2.75, 3.05) is 19.0 Å². The van der Waals surface area contributed by atoms with Crippen molar-refractivity contribution in [1.82, 2.24) is 26.5 Å². The van der Waals surface area contributed by atoms with Crippen LogP contribution in [0.1, 0.15) is 51.9 Å². The molecule has 9 nitrogen and oxygen atoms in total. The summed E-state index contributed by atoms with van der Waals surface area (Å²) in [5.74, 6) is 0.776. The van der Waals surface area contributed by atoms with Crippen molar-refractivity contribution in [1.29, 1.82) is 0 Å². The van der Waals surface area contributed by atoms with Crippen molar-refractivity contribution < 1.29 is 14.3 Å². The SMILES string of the molecule is COc1cc(NC(C)CCCNC(=O)NNC(=O)NC2CCCCC2)c2ncccc2c1. The Kier molecular flexibility index (Phi) is 8.77. The molecule has 32 heavy (non-hydrogen) atoms. The number of benzene rings is 1. The predicted octanol–water partition coefficient (Wildman–Crippen LogP) is 3.67. The number of hydrogen-bond acceptors (Lipinski definition) is 5. The number of hydrazine groups is 1. The highest BCUT2D eigenvalue weighted by molar-refractivity contribution is 5.91. The van der Waals surface area contributed by atoms with E-state index in [0.717, 1.165) is 60.9 Å². The summed E-state index contributed by atoms with van der Waals surface area (Å²) < 4.78 is 5.40. The van der Waals surface area contributed by atoms with E-state index >= 15 is 0 Å². The maximum Gasteiger partial charge on any atom is 0.333 e. The molecule has 0 bridgehead atoms. The first-order valence-electron chi connectivity index (χ1n) is 11.3. The van der Waals surface area contributed by atoms with Gasteiger partial charge in [-0.1, -0.05) is 25.3 Å². The molecule has 5 N–H and O–H groups in total. The van der Waals surface area contributed by atoms with E-state index in [1.165, 1.54) is 6.42 Å². The van der Waals surface area contributed by atoms with Crippen molar-refractivity contribution in [2.45, 2.75) is 64.0 Å². The average molecular weight is 443 g/mol. The first-order chi connectivity index (χ1) is 15.5. The van der Waals surface area contributed by atoms with E-state index in [9.17, 15) is 9.59 Å². The quantitative estimate of drug-likeness (QED) is 0.316. The number of nitrogens with zero attached hydrogens (tertiary/aromatic N) is 1. The van der Waals surface area contributed by atoms with E-state index in [1.54, 1.807) is 13.3 Å². The Labute approximate surface area is 189 Å². The predicted molar refractivity (Wildman–Crippen MR) is 126 cm³/mol. The van der Waals surface area contributed by atoms with Gasteiger partial charge in [-0.3, -0.25) is 4.98 Å². The topological polar surface area (TPSA) is 116 Å². The van der Waals surface area contributed by atoms with Gasteiger partial charge in [-0.15, -0.1) is 0 Å². The Morgan fingerprint density at radius 1 is 1.16 bits per heavy atom. The molecule has 1 fully saturated rings. The molecule has 1 atom stereocenters. The second-order valence-electron chi connectivity index (χ2n) is 8.25. The average Bonchev–Trinajstić information content (AvgIpc) is 2.81. The highest BCUT2D eigenvalue weighted by Gasteiger charge is 2.15. The molecule has 1 saturated carbocycles. The number of amides is 4. The van der Waals surface area contributed by atoms with Crippen molar-refractivity contribution >= 4 is 28.7 Å². The summed E-state index contributed by atoms with van der Waals surface area (Å²) in [7, 11) is 1.65. The second-order valence-corrected chi connectivity index (χ2v) is 8.25. The Morgan fingerprint density at radius 3 is 2.72 bits per heavy atom. The van der Waals surface area contributed by atoms with Gasteiger partial charge in [-0.05, 0) is 44.7 Å². The molecule has 0 aliphatic heterocycles. The van der Waals surface area contributed by atoms with Crippen molar-refractivity contribution in [3.05, 3.63) is 30.5 Å². The van der Waals surface area contributed by atoms with Crippen LogP contribution >= 0.6 is 0 Å². The number of carbonyl (C=O) groups excluding carboxylic acids is 2. The molecular weight excluding hydrogens is 408 g/mol. The van der Waals surface area contributed by atoms with Gasteiger partial charge < -0.3 is 20.7 Å². The van der Waals surface area contributed by atoms with Crippen LogP contribution in [0.15, 0.2) is 30.5 Å². The summed E-state index contributed by atoms with van der Waals surface area (Å²) >= 11 is 0. The molecule has 1 aliphatic rings. The van der Waals surface area contributed by atoms with E-state index in [4.69, 9.17) is 4.74 Å². The summed E-state index contributed by atoms with van der Waals surface area (Å²) in [6.45, 7) is 2.59. The number of ether oxygens (including phenoxy) is 1. The Hall–Kier alpha value is -3.23. The molecule has 0 saturated heterocycles. The van der Waals surface area contributed by atoms with Gasteiger partial charge in [0.05, 0.1) is 18.3 Å². The summed E-state index contributed by atoms with van der Waals surface area (Å²) in [6.07, 6.45) is 8.89. The molecule has 1 aliphatic carbocycles. The highest BCUT2D eigenvalue weighted by atomic mass is 16.5.